The predicted octanol–water partition coefficient (Wildman–Crippen LogP) is 2.41. The molecule has 0 radical (unpaired) electrons. The van der Waals surface area contributed by atoms with E-state index in [1.807, 2.05) is 11.3 Å². The van der Waals surface area contributed by atoms with Crippen LogP contribution in [0, 0.1) is 0 Å². The Hall–Kier alpha value is -0.450. The average molecular weight is 253 g/mol. The molecule has 0 saturated carbocycles. The molecule has 0 atom stereocenters. The van der Waals surface area contributed by atoms with Gasteiger partial charge < -0.3 is 5.32 Å². The maximum Gasteiger partial charge on any atom is 0.107 e. The van der Waals surface area contributed by atoms with Crippen molar-refractivity contribution in [2.75, 3.05) is 19.6 Å². The molecule has 0 unspecified atom stereocenters. The van der Waals surface area contributed by atoms with Gasteiger partial charge in [-0.3, -0.25) is 4.90 Å². The molecule has 1 fully saturated rings. The van der Waals surface area contributed by atoms with Crippen LogP contribution in [0.3, 0.4) is 0 Å². The molecule has 2 rings (SSSR count). The van der Waals surface area contributed by atoms with Crippen molar-refractivity contribution in [3.63, 3.8) is 0 Å². The highest BCUT2D eigenvalue weighted by Crippen LogP contribution is 2.22. The van der Waals surface area contributed by atoms with Gasteiger partial charge in [0.2, 0.25) is 0 Å². The van der Waals surface area contributed by atoms with Crippen molar-refractivity contribution >= 4 is 11.3 Å². The maximum atomic E-state index is 4.78. The number of nitrogens with one attached hydrogen (secondary N) is 1. The van der Waals surface area contributed by atoms with Gasteiger partial charge in [-0.05, 0) is 38.9 Å². The van der Waals surface area contributed by atoms with Crippen LogP contribution in [0.5, 0.6) is 0 Å². The van der Waals surface area contributed by atoms with E-state index in [0.717, 1.165) is 26.1 Å². The fourth-order valence-electron chi connectivity index (χ4n) is 2.29. The van der Waals surface area contributed by atoms with E-state index in [-0.39, 0.29) is 0 Å². The van der Waals surface area contributed by atoms with Crippen molar-refractivity contribution in [2.24, 2.45) is 0 Å². The van der Waals surface area contributed by atoms with Gasteiger partial charge >= 0.3 is 0 Å². The molecule has 0 amide bonds. The monoisotopic (exact) mass is 253 g/mol. The van der Waals surface area contributed by atoms with Crippen LogP contribution < -0.4 is 5.32 Å². The summed E-state index contributed by atoms with van der Waals surface area (Å²) in [6.45, 7) is 9.93. The molecule has 2 heterocycles. The minimum Gasteiger partial charge on any atom is -0.312 e. The molecule has 17 heavy (non-hydrogen) atoms. The van der Waals surface area contributed by atoms with Gasteiger partial charge in [-0.25, -0.2) is 4.98 Å². The summed E-state index contributed by atoms with van der Waals surface area (Å²) in [7, 11) is 0. The Labute approximate surface area is 108 Å². The van der Waals surface area contributed by atoms with E-state index in [1.165, 1.54) is 41.5 Å². The summed E-state index contributed by atoms with van der Waals surface area (Å²) in [5, 5.41) is 4.71. The number of aryl methyl sites for hydroxylation is 1. The summed E-state index contributed by atoms with van der Waals surface area (Å²) in [5.41, 5.74) is 1.30. The third-order valence-corrected chi connectivity index (χ3v) is 4.33. The van der Waals surface area contributed by atoms with Crippen molar-refractivity contribution in [3.05, 3.63) is 15.6 Å². The summed E-state index contributed by atoms with van der Waals surface area (Å²) in [6.07, 6.45) is 3.77. The van der Waals surface area contributed by atoms with Crippen molar-refractivity contribution in [1.82, 2.24) is 15.2 Å². The fourth-order valence-corrected chi connectivity index (χ4v) is 3.46. The Morgan fingerprint density at radius 1 is 1.29 bits per heavy atom. The van der Waals surface area contributed by atoms with Crippen molar-refractivity contribution in [3.8, 4) is 0 Å². The molecule has 0 aromatic carbocycles. The SMILES string of the molecule is CCNCc1sc(CN2CCCC2)nc1CC. The Bertz CT molecular complexity index is 342. The lowest BCUT2D eigenvalue weighted by atomic mass is 10.3. The Kier molecular flexibility index (Phi) is 4.95. The quantitative estimate of drug-likeness (QED) is 0.844. The van der Waals surface area contributed by atoms with Gasteiger partial charge in [-0.15, -0.1) is 11.3 Å². The minimum absolute atomic E-state index is 0.983. The molecule has 0 aliphatic carbocycles. The van der Waals surface area contributed by atoms with E-state index in [9.17, 15) is 0 Å². The van der Waals surface area contributed by atoms with Crippen LogP contribution in [0.15, 0.2) is 0 Å². The zero-order valence-corrected chi connectivity index (χ0v) is 11.8. The summed E-state index contributed by atoms with van der Waals surface area (Å²) in [5.74, 6) is 0. The molecule has 1 aromatic heterocycles. The van der Waals surface area contributed by atoms with E-state index in [1.54, 1.807) is 0 Å². The van der Waals surface area contributed by atoms with Gasteiger partial charge in [0.15, 0.2) is 0 Å². The van der Waals surface area contributed by atoms with Gasteiger partial charge in [-0.2, -0.15) is 0 Å². The van der Waals surface area contributed by atoms with Crippen LogP contribution in [0.25, 0.3) is 0 Å². The predicted molar refractivity (Wildman–Crippen MR) is 73.4 cm³/mol. The van der Waals surface area contributed by atoms with Crippen LogP contribution in [0.4, 0.5) is 0 Å². The van der Waals surface area contributed by atoms with Crippen molar-refractivity contribution < 1.29 is 0 Å². The average Bonchev–Trinajstić information content (AvgIpc) is 2.96. The third-order valence-electron chi connectivity index (χ3n) is 3.25. The lowest BCUT2D eigenvalue weighted by Crippen LogP contribution is -2.18. The highest BCUT2D eigenvalue weighted by atomic mass is 32.1. The van der Waals surface area contributed by atoms with Gasteiger partial charge in [0, 0.05) is 11.4 Å². The van der Waals surface area contributed by atoms with Crippen molar-refractivity contribution in [2.45, 2.75) is 46.2 Å². The van der Waals surface area contributed by atoms with Crippen LogP contribution in [-0.4, -0.2) is 29.5 Å². The number of hydrogen-bond acceptors (Lipinski definition) is 4. The van der Waals surface area contributed by atoms with Crippen LogP contribution in [0.1, 0.15) is 42.3 Å². The number of hydrogen-bond donors (Lipinski definition) is 1. The second kappa shape index (κ2) is 6.47. The van der Waals surface area contributed by atoms with E-state index in [4.69, 9.17) is 4.98 Å². The lowest BCUT2D eigenvalue weighted by Gasteiger charge is -2.11. The first kappa shape index (κ1) is 13.0. The Morgan fingerprint density at radius 2 is 2.06 bits per heavy atom. The van der Waals surface area contributed by atoms with E-state index in [0.29, 0.717) is 0 Å². The van der Waals surface area contributed by atoms with Gasteiger partial charge in [0.1, 0.15) is 5.01 Å². The number of rotatable bonds is 6. The molecule has 4 heteroatoms. The molecule has 96 valence electrons. The first-order valence-corrected chi connectivity index (χ1v) is 7.55. The standard InChI is InChI=1S/C13H23N3S/c1-3-11-12(9-14-4-2)17-13(15-11)10-16-7-5-6-8-16/h14H,3-10H2,1-2H3. The summed E-state index contributed by atoms with van der Waals surface area (Å²) in [4.78, 5) is 8.74. The Balaban J connectivity index is 1.99. The van der Waals surface area contributed by atoms with Crippen LogP contribution >= 0.6 is 11.3 Å². The minimum atomic E-state index is 0.983. The van der Waals surface area contributed by atoms with Gasteiger partial charge in [0.25, 0.3) is 0 Å². The van der Waals surface area contributed by atoms with E-state index >= 15 is 0 Å². The maximum absolute atomic E-state index is 4.78. The number of thiazole rings is 1. The lowest BCUT2D eigenvalue weighted by molar-refractivity contribution is 0.330. The number of nitrogens with zero attached hydrogens (tertiary/aromatic N) is 2. The molecular weight excluding hydrogens is 230 g/mol. The third kappa shape index (κ3) is 3.50. The number of likely N-dealkylation sites (tertiary alicyclic amines) is 1. The second-order valence-corrected chi connectivity index (χ2v) is 5.76. The summed E-state index contributed by atoms with van der Waals surface area (Å²) < 4.78 is 0. The molecular formula is C13H23N3S. The normalized spacial score (nSPS) is 16.8. The van der Waals surface area contributed by atoms with Crippen molar-refractivity contribution in [1.29, 1.82) is 0 Å². The molecule has 1 N–H and O–H groups in total. The topological polar surface area (TPSA) is 28.2 Å². The highest BCUT2D eigenvalue weighted by molar-refractivity contribution is 7.11. The van der Waals surface area contributed by atoms with Crippen LogP contribution in [0.2, 0.25) is 0 Å². The van der Waals surface area contributed by atoms with E-state index in [2.05, 4.69) is 24.1 Å². The zero-order chi connectivity index (χ0) is 12.1. The van der Waals surface area contributed by atoms with Crippen LogP contribution in [-0.2, 0) is 19.5 Å². The molecule has 0 bridgehead atoms. The second-order valence-electron chi connectivity index (χ2n) is 4.59. The first-order valence-electron chi connectivity index (χ1n) is 6.74. The molecule has 0 spiro atoms. The molecule has 1 aliphatic heterocycles. The molecule has 1 aliphatic rings. The first-order chi connectivity index (χ1) is 8.33. The largest absolute Gasteiger partial charge is 0.312 e. The fraction of sp³-hybridized carbons (Fsp3) is 0.769. The molecule has 3 nitrogen and oxygen atoms in total. The summed E-state index contributed by atoms with van der Waals surface area (Å²) in [6, 6.07) is 0. The Morgan fingerprint density at radius 3 is 2.71 bits per heavy atom. The molecule has 1 aromatic rings. The van der Waals surface area contributed by atoms with Gasteiger partial charge in [0.05, 0.1) is 12.2 Å². The summed E-state index contributed by atoms with van der Waals surface area (Å²) >= 11 is 1.90. The van der Waals surface area contributed by atoms with E-state index < -0.39 is 0 Å². The molecule has 1 saturated heterocycles. The smallest absolute Gasteiger partial charge is 0.107 e. The number of aromatic nitrogens is 1. The zero-order valence-electron chi connectivity index (χ0n) is 11.0. The van der Waals surface area contributed by atoms with Gasteiger partial charge in [-0.1, -0.05) is 13.8 Å². The highest BCUT2D eigenvalue weighted by Gasteiger charge is 2.15.